The molecule has 2 N–H and O–H groups in total. The molecule has 130 valence electrons. The van der Waals surface area contributed by atoms with Crippen molar-refractivity contribution in [1.29, 1.82) is 0 Å². The number of aromatic nitrogens is 1. The summed E-state index contributed by atoms with van der Waals surface area (Å²) in [6, 6.07) is 20.2. The fourth-order valence-electron chi connectivity index (χ4n) is 3.36. The molecule has 0 radical (unpaired) electrons. The van der Waals surface area contributed by atoms with Crippen molar-refractivity contribution in [1.82, 2.24) is 10.3 Å². The van der Waals surface area contributed by atoms with Crippen molar-refractivity contribution in [2.75, 3.05) is 6.54 Å². The first-order valence-corrected chi connectivity index (χ1v) is 8.67. The molecule has 0 aliphatic rings. The van der Waals surface area contributed by atoms with E-state index in [4.69, 9.17) is 4.42 Å². The molecule has 2 heterocycles. The number of amides is 1. The molecule has 0 saturated carbocycles. The first-order valence-electron chi connectivity index (χ1n) is 8.67. The van der Waals surface area contributed by atoms with E-state index in [0.717, 1.165) is 16.6 Å². The Morgan fingerprint density at radius 2 is 1.85 bits per heavy atom. The number of hydrogen-bond acceptors (Lipinski definition) is 2. The Bertz CT molecular complexity index is 1030. The molecular formula is C22H20N2O2. The molecule has 0 aliphatic carbocycles. The molecule has 4 heteroatoms. The van der Waals surface area contributed by atoms with E-state index in [1.807, 2.05) is 43.5 Å². The predicted octanol–water partition coefficient (Wildman–Crippen LogP) is 4.63. The number of fused-ring (bicyclic) bond motifs is 1. The first kappa shape index (κ1) is 16.2. The summed E-state index contributed by atoms with van der Waals surface area (Å²) >= 11 is 0. The van der Waals surface area contributed by atoms with Gasteiger partial charge in [0.1, 0.15) is 0 Å². The van der Waals surface area contributed by atoms with Crippen LogP contribution in [0.25, 0.3) is 10.9 Å². The van der Waals surface area contributed by atoms with Gasteiger partial charge in [-0.2, -0.15) is 0 Å². The summed E-state index contributed by atoms with van der Waals surface area (Å²) in [5.74, 6) is 0.232. The second-order valence-corrected chi connectivity index (χ2v) is 6.40. The lowest BCUT2D eigenvalue weighted by Gasteiger charge is -2.18. The minimum Gasteiger partial charge on any atom is -0.459 e. The summed E-state index contributed by atoms with van der Waals surface area (Å²) < 4.78 is 5.31. The fourth-order valence-corrected chi connectivity index (χ4v) is 3.36. The van der Waals surface area contributed by atoms with Gasteiger partial charge < -0.3 is 14.7 Å². The van der Waals surface area contributed by atoms with Crippen LogP contribution in [0.2, 0.25) is 0 Å². The fraction of sp³-hybridized carbons (Fsp3) is 0.136. The molecule has 4 nitrogen and oxygen atoms in total. The van der Waals surface area contributed by atoms with Gasteiger partial charge in [0.05, 0.1) is 6.26 Å². The van der Waals surface area contributed by atoms with Crippen molar-refractivity contribution in [3.05, 3.63) is 95.6 Å². The van der Waals surface area contributed by atoms with Gasteiger partial charge in [-0.15, -0.1) is 0 Å². The Balaban J connectivity index is 1.66. The maximum absolute atomic E-state index is 12.5. The van der Waals surface area contributed by atoms with E-state index in [1.165, 1.54) is 10.9 Å². The molecule has 4 rings (SSSR count). The van der Waals surface area contributed by atoms with Crippen molar-refractivity contribution in [3.63, 3.8) is 0 Å². The van der Waals surface area contributed by atoms with Crippen LogP contribution in [0, 0.1) is 6.92 Å². The lowest BCUT2D eigenvalue weighted by molar-refractivity contribution is 0.0924. The van der Waals surface area contributed by atoms with E-state index in [2.05, 4.69) is 34.6 Å². The number of carbonyl (C=O) groups excluding carboxylic acids is 1. The molecule has 1 amide bonds. The van der Waals surface area contributed by atoms with Gasteiger partial charge in [0.15, 0.2) is 5.76 Å². The second kappa shape index (κ2) is 6.92. The van der Waals surface area contributed by atoms with Gasteiger partial charge in [-0.05, 0) is 30.2 Å². The smallest absolute Gasteiger partial charge is 0.287 e. The third-order valence-corrected chi connectivity index (χ3v) is 4.73. The van der Waals surface area contributed by atoms with Crippen LogP contribution < -0.4 is 5.32 Å². The molecule has 0 spiro atoms. The van der Waals surface area contributed by atoms with Crippen molar-refractivity contribution in [2.24, 2.45) is 0 Å². The zero-order chi connectivity index (χ0) is 17.9. The number of furan rings is 1. The van der Waals surface area contributed by atoms with Crippen LogP contribution in [0.3, 0.4) is 0 Å². The number of benzene rings is 2. The number of nitrogens with one attached hydrogen (secondary N) is 2. The number of aryl methyl sites for hydroxylation is 1. The van der Waals surface area contributed by atoms with Crippen LogP contribution in [0.1, 0.15) is 33.2 Å². The molecular weight excluding hydrogens is 324 g/mol. The SMILES string of the molecule is Cc1ccoc1C(=O)NCC(c1ccccc1)c1c[nH]c2ccccc12. The quantitative estimate of drug-likeness (QED) is 0.554. The van der Waals surface area contributed by atoms with Gasteiger partial charge in [-0.25, -0.2) is 0 Å². The predicted molar refractivity (Wildman–Crippen MR) is 102 cm³/mol. The summed E-state index contributed by atoms with van der Waals surface area (Å²) in [5, 5.41) is 4.20. The lowest BCUT2D eigenvalue weighted by Crippen LogP contribution is -2.29. The summed E-state index contributed by atoms with van der Waals surface area (Å²) in [5.41, 5.74) is 4.26. The highest BCUT2D eigenvalue weighted by Gasteiger charge is 2.20. The molecule has 1 unspecified atom stereocenters. The number of H-pyrrole nitrogens is 1. The van der Waals surface area contributed by atoms with Gasteiger partial charge in [-0.1, -0.05) is 48.5 Å². The van der Waals surface area contributed by atoms with Crippen molar-refractivity contribution >= 4 is 16.8 Å². The minimum atomic E-state index is -0.187. The number of carbonyl (C=O) groups is 1. The third-order valence-electron chi connectivity index (χ3n) is 4.73. The van der Waals surface area contributed by atoms with Crippen LogP contribution in [-0.2, 0) is 0 Å². The lowest BCUT2D eigenvalue weighted by atomic mass is 9.91. The van der Waals surface area contributed by atoms with Gasteiger partial charge in [0.25, 0.3) is 5.91 Å². The molecule has 2 aromatic carbocycles. The topological polar surface area (TPSA) is 58.0 Å². The van der Waals surface area contributed by atoms with Crippen LogP contribution in [0.5, 0.6) is 0 Å². The molecule has 0 bridgehead atoms. The average molecular weight is 344 g/mol. The number of rotatable bonds is 5. The molecule has 2 aromatic heterocycles. The Morgan fingerprint density at radius 3 is 2.62 bits per heavy atom. The minimum absolute atomic E-state index is 0.0477. The Kier molecular flexibility index (Phi) is 4.32. The van der Waals surface area contributed by atoms with Crippen LogP contribution in [-0.4, -0.2) is 17.4 Å². The van der Waals surface area contributed by atoms with Gasteiger partial charge in [0.2, 0.25) is 0 Å². The van der Waals surface area contributed by atoms with E-state index < -0.39 is 0 Å². The van der Waals surface area contributed by atoms with Gasteiger partial charge >= 0.3 is 0 Å². The molecule has 0 aliphatic heterocycles. The summed E-state index contributed by atoms with van der Waals surface area (Å²) in [7, 11) is 0. The van der Waals surface area contributed by atoms with E-state index in [1.54, 1.807) is 12.3 Å². The molecule has 1 atom stereocenters. The highest BCUT2D eigenvalue weighted by atomic mass is 16.3. The highest BCUT2D eigenvalue weighted by molar-refractivity contribution is 5.93. The molecule has 26 heavy (non-hydrogen) atoms. The summed E-state index contributed by atoms with van der Waals surface area (Å²) in [6.45, 7) is 2.36. The van der Waals surface area contributed by atoms with Crippen molar-refractivity contribution < 1.29 is 9.21 Å². The van der Waals surface area contributed by atoms with Crippen molar-refractivity contribution in [3.8, 4) is 0 Å². The highest BCUT2D eigenvalue weighted by Crippen LogP contribution is 2.30. The second-order valence-electron chi connectivity index (χ2n) is 6.40. The normalized spacial score (nSPS) is 12.2. The van der Waals surface area contributed by atoms with Crippen LogP contribution in [0.4, 0.5) is 0 Å². The zero-order valence-electron chi connectivity index (χ0n) is 14.5. The molecule has 0 saturated heterocycles. The monoisotopic (exact) mass is 344 g/mol. The summed E-state index contributed by atoms with van der Waals surface area (Å²) in [6.07, 6.45) is 3.57. The van der Waals surface area contributed by atoms with Gasteiger partial charge in [-0.3, -0.25) is 4.79 Å². The van der Waals surface area contributed by atoms with Crippen LogP contribution in [0.15, 0.2) is 77.5 Å². The summed E-state index contributed by atoms with van der Waals surface area (Å²) in [4.78, 5) is 15.8. The first-order chi connectivity index (χ1) is 12.7. The van der Waals surface area contributed by atoms with Crippen LogP contribution >= 0.6 is 0 Å². The molecule has 4 aromatic rings. The van der Waals surface area contributed by atoms with E-state index in [-0.39, 0.29) is 11.8 Å². The Morgan fingerprint density at radius 1 is 1.08 bits per heavy atom. The maximum atomic E-state index is 12.5. The molecule has 0 fully saturated rings. The standard InChI is InChI=1S/C22H20N2O2/c1-15-11-12-26-21(15)22(25)24-13-18(16-7-3-2-4-8-16)19-14-23-20-10-6-5-9-17(19)20/h2-12,14,18,23H,13H2,1H3,(H,24,25). The maximum Gasteiger partial charge on any atom is 0.287 e. The number of hydrogen-bond donors (Lipinski definition) is 2. The van der Waals surface area contributed by atoms with Gasteiger partial charge in [0, 0.05) is 35.1 Å². The largest absolute Gasteiger partial charge is 0.459 e. The Labute approximate surface area is 151 Å². The zero-order valence-corrected chi connectivity index (χ0v) is 14.5. The average Bonchev–Trinajstić information content (AvgIpc) is 3.29. The number of aromatic amines is 1. The number of para-hydroxylation sites is 1. The van der Waals surface area contributed by atoms with E-state index in [0.29, 0.717) is 12.3 Å². The third kappa shape index (κ3) is 3.02. The Hall–Kier alpha value is -3.27. The van der Waals surface area contributed by atoms with Crippen molar-refractivity contribution in [2.45, 2.75) is 12.8 Å². The van der Waals surface area contributed by atoms with E-state index in [9.17, 15) is 4.79 Å². The van der Waals surface area contributed by atoms with E-state index >= 15 is 0 Å².